The lowest BCUT2D eigenvalue weighted by Crippen LogP contribution is -2.13. The Kier molecular flexibility index (Phi) is 3.81. The Morgan fingerprint density at radius 3 is 2.79 bits per heavy atom. The molecule has 0 aliphatic rings. The Morgan fingerprint density at radius 2 is 2.21 bits per heavy atom. The second-order valence-corrected chi connectivity index (χ2v) is 4.44. The molecular formula is C11H12BrFO. The van der Waals surface area contributed by atoms with Crippen molar-refractivity contribution in [2.24, 2.45) is 0 Å². The predicted octanol–water partition coefficient (Wildman–Crippen LogP) is 3.03. The molecule has 1 nitrogen and oxygen atoms in total. The number of aryl methyl sites for hydroxylation is 1. The maximum Gasteiger partial charge on any atom is 0.143 e. The van der Waals surface area contributed by atoms with Gasteiger partial charge in [-0.15, -0.1) is 0 Å². The van der Waals surface area contributed by atoms with E-state index in [-0.39, 0.29) is 16.4 Å². The molecule has 1 aromatic carbocycles. The fourth-order valence-electron chi connectivity index (χ4n) is 1.20. The zero-order valence-electron chi connectivity index (χ0n) is 8.18. The van der Waals surface area contributed by atoms with Crippen molar-refractivity contribution in [3.63, 3.8) is 0 Å². The van der Waals surface area contributed by atoms with Gasteiger partial charge in [0.1, 0.15) is 11.6 Å². The summed E-state index contributed by atoms with van der Waals surface area (Å²) >= 11 is 3.22. The van der Waals surface area contributed by atoms with Gasteiger partial charge in [0.15, 0.2) is 0 Å². The number of alkyl halides is 1. The first-order valence-corrected chi connectivity index (χ1v) is 5.32. The normalized spacial score (nSPS) is 12.6. The van der Waals surface area contributed by atoms with Crippen molar-refractivity contribution >= 4 is 21.7 Å². The highest BCUT2D eigenvalue weighted by molar-refractivity contribution is 9.10. The Bertz CT molecular complexity index is 349. The lowest BCUT2D eigenvalue weighted by molar-refractivity contribution is -0.116. The summed E-state index contributed by atoms with van der Waals surface area (Å²) in [6.45, 7) is 3.21. The fourth-order valence-corrected chi connectivity index (χ4v) is 1.55. The second-order valence-electron chi connectivity index (χ2n) is 3.33. The topological polar surface area (TPSA) is 17.1 Å². The molecule has 3 heteroatoms. The quantitative estimate of drug-likeness (QED) is 0.762. The van der Waals surface area contributed by atoms with Crippen LogP contribution < -0.4 is 0 Å². The number of hydrogen-bond donors (Lipinski definition) is 0. The number of carbonyl (C=O) groups excluding carboxylic acids is 1. The highest BCUT2D eigenvalue weighted by atomic mass is 79.9. The van der Waals surface area contributed by atoms with Crippen molar-refractivity contribution in [2.45, 2.75) is 25.1 Å². The maximum absolute atomic E-state index is 13.5. The van der Waals surface area contributed by atoms with Crippen LogP contribution in [0.25, 0.3) is 0 Å². The zero-order valence-corrected chi connectivity index (χ0v) is 9.77. The molecule has 14 heavy (non-hydrogen) atoms. The molecule has 0 aliphatic carbocycles. The maximum atomic E-state index is 13.5. The van der Waals surface area contributed by atoms with E-state index in [2.05, 4.69) is 15.9 Å². The van der Waals surface area contributed by atoms with E-state index in [1.807, 2.05) is 0 Å². The van der Waals surface area contributed by atoms with Crippen LogP contribution in [0.15, 0.2) is 18.2 Å². The van der Waals surface area contributed by atoms with Crippen molar-refractivity contribution in [1.29, 1.82) is 0 Å². The van der Waals surface area contributed by atoms with Crippen molar-refractivity contribution in [3.8, 4) is 0 Å². The van der Waals surface area contributed by atoms with E-state index >= 15 is 0 Å². The number of ketones is 1. The van der Waals surface area contributed by atoms with Gasteiger partial charge in [-0.25, -0.2) is 4.39 Å². The summed E-state index contributed by atoms with van der Waals surface area (Å²) in [6.07, 6.45) is 0.406. The van der Waals surface area contributed by atoms with Gasteiger partial charge in [0.2, 0.25) is 0 Å². The molecule has 0 spiro atoms. The molecule has 0 aliphatic heterocycles. The van der Waals surface area contributed by atoms with Crippen LogP contribution in [0.1, 0.15) is 18.1 Å². The van der Waals surface area contributed by atoms with Crippen LogP contribution in [0.2, 0.25) is 0 Å². The highest BCUT2D eigenvalue weighted by Crippen LogP contribution is 2.17. The molecule has 0 N–H and O–H groups in total. The smallest absolute Gasteiger partial charge is 0.143 e. The third-order valence-corrected chi connectivity index (χ3v) is 3.08. The molecule has 1 unspecified atom stereocenters. The molecule has 0 bridgehead atoms. The molecule has 76 valence electrons. The van der Waals surface area contributed by atoms with Crippen molar-refractivity contribution < 1.29 is 9.18 Å². The number of benzene rings is 1. The van der Waals surface area contributed by atoms with Gasteiger partial charge in [0.25, 0.3) is 0 Å². The van der Waals surface area contributed by atoms with Crippen LogP contribution in [0.5, 0.6) is 0 Å². The molecule has 0 amide bonds. The summed E-state index contributed by atoms with van der Waals surface area (Å²) in [7, 11) is 0. The van der Waals surface area contributed by atoms with E-state index in [0.717, 1.165) is 0 Å². The SMILES string of the molecule is CC(=O)C(Br)Cc1cccc(C)c1F. The van der Waals surface area contributed by atoms with Gasteiger partial charge in [-0.2, -0.15) is 0 Å². The van der Waals surface area contributed by atoms with Gasteiger partial charge < -0.3 is 0 Å². The van der Waals surface area contributed by atoms with Gasteiger partial charge in [0, 0.05) is 0 Å². The number of carbonyl (C=O) groups is 1. The lowest BCUT2D eigenvalue weighted by atomic mass is 10.0. The Hall–Kier alpha value is -0.700. The molecule has 0 saturated heterocycles. The van der Waals surface area contributed by atoms with Crippen LogP contribution in [0.4, 0.5) is 4.39 Å². The molecular weight excluding hydrogens is 247 g/mol. The average Bonchev–Trinajstić information content (AvgIpc) is 2.12. The van der Waals surface area contributed by atoms with Crippen molar-refractivity contribution in [3.05, 3.63) is 35.1 Å². The van der Waals surface area contributed by atoms with E-state index in [0.29, 0.717) is 17.5 Å². The van der Waals surface area contributed by atoms with E-state index in [9.17, 15) is 9.18 Å². The van der Waals surface area contributed by atoms with E-state index in [1.165, 1.54) is 6.92 Å². The number of halogens is 2. The molecule has 0 aromatic heterocycles. The highest BCUT2D eigenvalue weighted by Gasteiger charge is 2.13. The van der Waals surface area contributed by atoms with Crippen molar-refractivity contribution in [1.82, 2.24) is 0 Å². The molecule has 0 heterocycles. The largest absolute Gasteiger partial charge is 0.299 e. The number of hydrogen-bond acceptors (Lipinski definition) is 1. The van der Waals surface area contributed by atoms with Gasteiger partial charge >= 0.3 is 0 Å². The molecule has 1 atom stereocenters. The van der Waals surface area contributed by atoms with Crippen LogP contribution >= 0.6 is 15.9 Å². The number of Topliss-reactive ketones (excluding diaryl/α,β-unsaturated/α-hetero) is 1. The fraction of sp³-hybridized carbons (Fsp3) is 0.364. The molecule has 1 aromatic rings. The zero-order chi connectivity index (χ0) is 10.7. The standard InChI is InChI=1S/C11H12BrFO/c1-7-4-3-5-9(11(7)13)6-10(12)8(2)14/h3-5,10H,6H2,1-2H3. The predicted molar refractivity (Wildman–Crippen MR) is 58.2 cm³/mol. The van der Waals surface area contributed by atoms with E-state index in [1.54, 1.807) is 25.1 Å². The first kappa shape index (κ1) is 11.4. The lowest BCUT2D eigenvalue weighted by Gasteiger charge is -2.08. The summed E-state index contributed by atoms with van der Waals surface area (Å²) in [4.78, 5) is 10.7. The third-order valence-electron chi connectivity index (χ3n) is 2.11. The van der Waals surface area contributed by atoms with Crippen LogP contribution in [0, 0.1) is 12.7 Å². The van der Waals surface area contributed by atoms with E-state index in [4.69, 9.17) is 0 Å². The average molecular weight is 259 g/mol. The first-order chi connectivity index (χ1) is 6.52. The summed E-state index contributed by atoms with van der Waals surface area (Å²) in [5.74, 6) is -0.191. The molecule has 0 radical (unpaired) electrons. The minimum atomic E-state index is -0.293. The van der Waals surface area contributed by atoms with Gasteiger partial charge in [-0.3, -0.25) is 4.79 Å². The van der Waals surface area contributed by atoms with Gasteiger partial charge in [-0.1, -0.05) is 34.1 Å². The van der Waals surface area contributed by atoms with Gasteiger partial charge in [0.05, 0.1) is 4.83 Å². The molecule has 0 fully saturated rings. The second kappa shape index (κ2) is 4.69. The van der Waals surface area contributed by atoms with Crippen LogP contribution in [0.3, 0.4) is 0 Å². The third kappa shape index (κ3) is 2.64. The van der Waals surface area contributed by atoms with Crippen molar-refractivity contribution in [2.75, 3.05) is 0 Å². The van der Waals surface area contributed by atoms with E-state index < -0.39 is 0 Å². The monoisotopic (exact) mass is 258 g/mol. The Morgan fingerprint density at radius 1 is 1.57 bits per heavy atom. The Labute approximate surface area is 91.5 Å². The van der Waals surface area contributed by atoms with Crippen LogP contribution in [-0.4, -0.2) is 10.6 Å². The molecule has 1 rings (SSSR count). The summed E-state index contributed by atoms with van der Waals surface area (Å²) in [5.41, 5.74) is 1.20. The van der Waals surface area contributed by atoms with Crippen LogP contribution in [-0.2, 0) is 11.2 Å². The summed E-state index contributed by atoms with van der Waals surface area (Å²) in [6, 6.07) is 5.23. The minimum Gasteiger partial charge on any atom is -0.299 e. The Balaban J connectivity index is 2.87. The number of rotatable bonds is 3. The van der Waals surface area contributed by atoms with Gasteiger partial charge in [-0.05, 0) is 31.4 Å². The first-order valence-electron chi connectivity index (χ1n) is 4.41. The summed E-state index contributed by atoms with van der Waals surface area (Å²) < 4.78 is 13.5. The summed E-state index contributed by atoms with van der Waals surface area (Å²) in [5, 5.41) is 0. The minimum absolute atomic E-state index is 0.0194. The molecule has 0 saturated carbocycles.